The van der Waals surface area contributed by atoms with E-state index in [1.165, 1.54) is 5.56 Å². The Morgan fingerprint density at radius 3 is 2.53 bits per heavy atom. The molecule has 1 aromatic rings. The highest BCUT2D eigenvalue weighted by atomic mass is 16.3. The first-order valence-corrected chi connectivity index (χ1v) is 7.51. The van der Waals surface area contributed by atoms with Crippen LogP contribution in [0.3, 0.4) is 0 Å². The van der Waals surface area contributed by atoms with E-state index in [2.05, 4.69) is 50.6 Å². The standard InChI is InChI=1S/C16H28N2O/c1-11(2)12-9-17-18(10-12)15-8-13(19)6-7-14(15)16(3,4)5/h9-11,13-15,19H,6-8H2,1-5H3. The van der Waals surface area contributed by atoms with Crippen LogP contribution in [0.4, 0.5) is 0 Å². The third-order valence-corrected chi connectivity index (χ3v) is 4.53. The predicted octanol–water partition coefficient (Wildman–Crippen LogP) is 3.75. The summed E-state index contributed by atoms with van der Waals surface area (Å²) in [6.45, 7) is 11.3. The van der Waals surface area contributed by atoms with Gasteiger partial charge in [0.15, 0.2) is 0 Å². The average molecular weight is 264 g/mol. The number of aromatic nitrogens is 2. The van der Waals surface area contributed by atoms with Gasteiger partial charge < -0.3 is 5.11 Å². The van der Waals surface area contributed by atoms with Gasteiger partial charge >= 0.3 is 0 Å². The van der Waals surface area contributed by atoms with E-state index in [0.717, 1.165) is 19.3 Å². The zero-order chi connectivity index (χ0) is 14.2. The summed E-state index contributed by atoms with van der Waals surface area (Å²) in [5.74, 6) is 1.09. The summed E-state index contributed by atoms with van der Waals surface area (Å²) in [5.41, 5.74) is 1.54. The maximum atomic E-state index is 10.00. The monoisotopic (exact) mass is 264 g/mol. The molecular weight excluding hydrogens is 236 g/mol. The van der Waals surface area contributed by atoms with Crippen LogP contribution in [0, 0.1) is 11.3 Å². The summed E-state index contributed by atoms with van der Waals surface area (Å²) < 4.78 is 2.10. The fraction of sp³-hybridized carbons (Fsp3) is 0.812. The maximum absolute atomic E-state index is 10.00. The van der Waals surface area contributed by atoms with Gasteiger partial charge in [-0.3, -0.25) is 4.68 Å². The van der Waals surface area contributed by atoms with Gasteiger partial charge in [-0.25, -0.2) is 0 Å². The Labute approximate surface area is 117 Å². The van der Waals surface area contributed by atoms with E-state index in [1.54, 1.807) is 0 Å². The van der Waals surface area contributed by atoms with Crippen molar-refractivity contribution in [2.24, 2.45) is 11.3 Å². The maximum Gasteiger partial charge on any atom is 0.0577 e. The highest BCUT2D eigenvalue weighted by Crippen LogP contribution is 2.44. The summed E-state index contributed by atoms with van der Waals surface area (Å²) in [6, 6.07) is 0.330. The molecule has 1 N–H and O–H groups in total. The van der Waals surface area contributed by atoms with E-state index in [4.69, 9.17) is 0 Å². The Hall–Kier alpha value is -0.830. The minimum atomic E-state index is -0.171. The Bertz CT molecular complexity index is 417. The van der Waals surface area contributed by atoms with Gasteiger partial charge in [-0.1, -0.05) is 34.6 Å². The molecule has 3 heteroatoms. The van der Waals surface area contributed by atoms with Gasteiger partial charge in [-0.2, -0.15) is 5.10 Å². The summed E-state index contributed by atoms with van der Waals surface area (Å²) in [5, 5.41) is 14.6. The van der Waals surface area contributed by atoms with Crippen molar-refractivity contribution in [1.29, 1.82) is 0 Å². The Kier molecular flexibility index (Phi) is 4.05. The predicted molar refractivity (Wildman–Crippen MR) is 78.2 cm³/mol. The van der Waals surface area contributed by atoms with Crippen molar-refractivity contribution >= 4 is 0 Å². The summed E-state index contributed by atoms with van der Waals surface area (Å²) in [7, 11) is 0. The van der Waals surface area contributed by atoms with Crippen LogP contribution in [0.15, 0.2) is 12.4 Å². The van der Waals surface area contributed by atoms with E-state index in [1.807, 2.05) is 6.20 Å². The van der Waals surface area contributed by atoms with Crippen LogP contribution in [-0.4, -0.2) is 21.0 Å². The molecule has 0 amide bonds. The smallest absolute Gasteiger partial charge is 0.0577 e. The van der Waals surface area contributed by atoms with Crippen molar-refractivity contribution in [3.05, 3.63) is 18.0 Å². The Balaban J connectivity index is 2.26. The van der Waals surface area contributed by atoms with Crippen molar-refractivity contribution in [2.45, 2.75) is 71.9 Å². The third kappa shape index (κ3) is 3.19. The van der Waals surface area contributed by atoms with E-state index < -0.39 is 0 Å². The number of rotatable bonds is 2. The fourth-order valence-electron chi connectivity index (χ4n) is 3.26. The molecule has 0 spiro atoms. The highest BCUT2D eigenvalue weighted by Gasteiger charge is 2.38. The first-order chi connectivity index (χ1) is 8.79. The van der Waals surface area contributed by atoms with Gasteiger partial charge in [-0.05, 0) is 42.1 Å². The van der Waals surface area contributed by atoms with Crippen LogP contribution >= 0.6 is 0 Å². The summed E-state index contributed by atoms with van der Waals surface area (Å²) in [6.07, 6.45) is 6.83. The molecule has 0 aliphatic heterocycles. The molecule has 3 unspecified atom stereocenters. The molecule has 0 aromatic carbocycles. The van der Waals surface area contributed by atoms with E-state index in [-0.39, 0.29) is 11.5 Å². The molecule has 108 valence electrons. The van der Waals surface area contributed by atoms with Crippen molar-refractivity contribution in [3.63, 3.8) is 0 Å². The second kappa shape index (κ2) is 5.28. The number of nitrogens with zero attached hydrogens (tertiary/aromatic N) is 2. The molecule has 0 radical (unpaired) electrons. The number of hydrogen-bond acceptors (Lipinski definition) is 2. The van der Waals surface area contributed by atoms with Gasteiger partial charge in [0.25, 0.3) is 0 Å². The van der Waals surface area contributed by atoms with E-state index in [9.17, 15) is 5.11 Å². The van der Waals surface area contributed by atoms with Crippen LogP contribution in [0.5, 0.6) is 0 Å². The van der Waals surface area contributed by atoms with E-state index >= 15 is 0 Å². The zero-order valence-corrected chi connectivity index (χ0v) is 12.9. The Morgan fingerprint density at radius 1 is 1.32 bits per heavy atom. The third-order valence-electron chi connectivity index (χ3n) is 4.53. The lowest BCUT2D eigenvalue weighted by molar-refractivity contribution is 0.0254. The molecule has 1 aromatic heterocycles. The molecular formula is C16H28N2O. The van der Waals surface area contributed by atoms with Gasteiger partial charge in [-0.15, -0.1) is 0 Å². The molecule has 0 saturated heterocycles. The lowest BCUT2D eigenvalue weighted by Crippen LogP contribution is -2.37. The molecule has 19 heavy (non-hydrogen) atoms. The number of aliphatic hydroxyl groups excluding tert-OH is 1. The summed E-state index contributed by atoms with van der Waals surface area (Å²) in [4.78, 5) is 0. The average Bonchev–Trinajstić information content (AvgIpc) is 2.76. The molecule has 3 nitrogen and oxygen atoms in total. The Morgan fingerprint density at radius 2 is 2.00 bits per heavy atom. The second-order valence-electron chi connectivity index (χ2n) is 7.42. The quantitative estimate of drug-likeness (QED) is 0.883. The molecule has 1 heterocycles. The fourth-order valence-corrected chi connectivity index (χ4v) is 3.26. The number of hydrogen-bond donors (Lipinski definition) is 1. The topological polar surface area (TPSA) is 38.0 Å². The van der Waals surface area contributed by atoms with Gasteiger partial charge in [0.05, 0.1) is 18.3 Å². The van der Waals surface area contributed by atoms with Crippen LogP contribution < -0.4 is 0 Å². The normalized spacial score (nSPS) is 28.9. The van der Waals surface area contributed by atoms with Crippen LogP contribution in [0.1, 0.15) is 71.4 Å². The molecule has 1 aliphatic rings. The molecule has 1 aliphatic carbocycles. The first-order valence-electron chi connectivity index (χ1n) is 7.51. The van der Waals surface area contributed by atoms with Crippen LogP contribution in [0.2, 0.25) is 0 Å². The van der Waals surface area contributed by atoms with Gasteiger partial charge in [0, 0.05) is 6.20 Å². The minimum absolute atomic E-state index is 0.171. The van der Waals surface area contributed by atoms with Crippen molar-refractivity contribution in [3.8, 4) is 0 Å². The van der Waals surface area contributed by atoms with Gasteiger partial charge in [0.2, 0.25) is 0 Å². The molecule has 0 bridgehead atoms. The van der Waals surface area contributed by atoms with Crippen molar-refractivity contribution in [2.75, 3.05) is 0 Å². The van der Waals surface area contributed by atoms with Gasteiger partial charge in [0.1, 0.15) is 0 Å². The zero-order valence-electron chi connectivity index (χ0n) is 12.9. The first kappa shape index (κ1) is 14.6. The molecule has 3 atom stereocenters. The lowest BCUT2D eigenvalue weighted by atomic mass is 9.69. The minimum Gasteiger partial charge on any atom is -0.393 e. The molecule has 1 saturated carbocycles. The van der Waals surface area contributed by atoms with Crippen LogP contribution in [-0.2, 0) is 0 Å². The van der Waals surface area contributed by atoms with Crippen LogP contribution in [0.25, 0.3) is 0 Å². The lowest BCUT2D eigenvalue weighted by Gasteiger charge is -2.42. The van der Waals surface area contributed by atoms with E-state index in [0.29, 0.717) is 17.9 Å². The van der Waals surface area contributed by atoms with Crippen molar-refractivity contribution in [1.82, 2.24) is 9.78 Å². The second-order valence-corrected chi connectivity index (χ2v) is 7.42. The highest BCUT2D eigenvalue weighted by molar-refractivity contribution is 5.10. The van der Waals surface area contributed by atoms with Crippen molar-refractivity contribution < 1.29 is 5.11 Å². The largest absolute Gasteiger partial charge is 0.393 e. The SMILES string of the molecule is CC(C)c1cnn(C2CC(O)CCC2C(C)(C)C)c1. The molecule has 2 rings (SSSR count). The number of aliphatic hydroxyl groups is 1. The summed E-state index contributed by atoms with van der Waals surface area (Å²) >= 11 is 0. The molecule has 1 fully saturated rings.